The van der Waals surface area contributed by atoms with Crippen LogP contribution in [-0.4, -0.2) is 76.4 Å². The molecule has 1 heterocycles. The number of rotatable bonds is 9. The Balaban J connectivity index is 0.00000103. The van der Waals surface area contributed by atoms with E-state index in [2.05, 4.69) is 11.9 Å². The predicted octanol–water partition coefficient (Wildman–Crippen LogP) is 4.38. The van der Waals surface area contributed by atoms with Gasteiger partial charge in [-0.15, -0.1) is 0 Å². The normalized spacial score (nSPS) is 29.3. The summed E-state index contributed by atoms with van der Waals surface area (Å²) in [5.74, 6) is 0.692. The zero-order valence-corrected chi connectivity index (χ0v) is 19.3. The summed E-state index contributed by atoms with van der Waals surface area (Å²) >= 11 is 0. The van der Waals surface area contributed by atoms with E-state index in [9.17, 15) is 0 Å². The Morgan fingerprint density at radius 2 is 1.15 bits per heavy atom. The van der Waals surface area contributed by atoms with Crippen LogP contribution in [0.25, 0.3) is 0 Å². The number of hydrogen-bond donors (Lipinski definition) is 0. The van der Waals surface area contributed by atoms with Gasteiger partial charge in [0.15, 0.2) is 0 Å². The predicted molar refractivity (Wildman–Crippen MR) is 114 cm³/mol. The zero-order valence-electron chi connectivity index (χ0n) is 19.3. The van der Waals surface area contributed by atoms with Crippen LogP contribution in [0.15, 0.2) is 0 Å². The molecule has 5 heteroatoms. The quantitative estimate of drug-likeness (QED) is 0.547. The summed E-state index contributed by atoms with van der Waals surface area (Å²) in [6, 6.07) is 0. The second-order valence-corrected chi connectivity index (χ2v) is 6.83. The largest absolute Gasteiger partial charge is 0.381 e. The third-order valence-electron chi connectivity index (χ3n) is 4.97. The SMILES string of the molecule is CC.CC.CC.COC1CC(OCC2CC(OCCOC3CN(C)C3)C2)C1. The first-order chi connectivity index (χ1) is 13.2. The lowest BCUT2D eigenvalue weighted by Gasteiger charge is -2.39. The topological polar surface area (TPSA) is 40.2 Å². The summed E-state index contributed by atoms with van der Waals surface area (Å²) in [6.45, 7) is 16.5. The Labute approximate surface area is 169 Å². The van der Waals surface area contributed by atoms with Crippen LogP contribution in [-0.2, 0) is 18.9 Å². The van der Waals surface area contributed by atoms with E-state index < -0.39 is 0 Å². The van der Waals surface area contributed by atoms with Gasteiger partial charge in [0, 0.05) is 26.8 Å². The fraction of sp³-hybridized carbons (Fsp3) is 1.00. The van der Waals surface area contributed by atoms with Crippen LogP contribution in [0.4, 0.5) is 0 Å². The van der Waals surface area contributed by atoms with Crippen LogP contribution in [0.5, 0.6) is 0 Å². The fourth-order valence-electron chi connectivity index (χ4n) is 3.24. The molecule has 3 fully saturated rings. The molecule has 3 aliphatic rings. The Kier molecular flexibility index (Phi) is 16.6. The van der Waals surface area contributed by atoms with E-state index in [4.69, 9.17) is 18.9 Å². The number of nitrogens with zero attached hydrogens (tertiary/aromatic N) is 1. The summed E-state index contributed by atoms with van der Waals surface area (Å²) < 4.78 is 22.7. The molecule has 1 saturated heterocycles. The minimum absolute atomic E-state index is 0.430. The van der Waals surface area contributed by atoms with Crippen molar-refractivity contribution in [1.29, 1.82) is 0 Å². The van der Waals surface area contributed by atoms with Gasteiger partial charge in [0.05, 0.1) is 37.6 Å². The number of methoxy groups -OCH3 is 1. The van der Waals surface area contributed by atoms with Crippen molar-refractivity contribution in [3.05, 3.63) is 0 Å². The van der Waals surface area contributed by atoms with Crippen molar-refractivity contribution >= 4 is 0 Å². The maximum atomic E-state index is 5.89. The van der Waals surface area contributed by atoms with Crippen molar-refractivity contribution < 1.29 is 18.9 Å². The molecule has 0 N–H and O–H groups in total. The molecule has 0 aromatic carbocycles. The molecule has 0 spiro atoms. The van der Waals surface area contributed by atoms with Crippen LogP contribution < -0.4 is 0 Å². The summed E-state index contributed by atoms with van der Waals surface area (Å²) in [4.78, 5) is 2.26. The lowest BCUT2D eigenvalue weighted by molar-refractivity contribution is -0.125. The standard InChI is InChI=1S/C16H29NO4.3C2H6/c1-17-9-16(10-17)20-4-3-19-14-5-12(6-14)11-21-15-7-13(8-15)18-2;3*1-2/h12-16H,3-11H2,1-2H3;3*1-2H3. The highest BCUT2D eigenvalue weighted by Crippen LogP contribution is 2.33. The first-order valence-electron chi connectivity index (χ1n) is 11.3. The Bertz CT molecular complexity index is 311. The Hall–Kier alpha value is -0.200. The highest BCUT2D eigenvalue weighted by Gasteiger charge is 2.34. The first-order valence-corrected chi connectivity index (χ1v) is 11.3. The highest BCUT2D eigenvalue weighted by atomic mass is 16.5. The molecule has 0 atom stereocenters. The Morgan fingerprint density at radius 3 is 1.63 bits per heavy atom. The van der Waals surface area contributed by atoms with Crippen LogP contribution in [0.3, 0.4) is 0 Å². The number of ether oxygens (including phenoxy) is 4. The van der Waals surface area contributed by atoms with Crippen LogP contribution in [0.2, 0.25) is 0 Å². The third kappa shape index (κ3) is 10.2. The molecule has 0 radical (unpaired) electrons. The second kappa shape index (κ2) is 16.7. The molecule has 3 rings (SSSR count). The van der Waals surface area contributed by atoms with Gasteiger partial charge in [-0.05, 0) is 38.6 Å². The Morgan fingerprint density at radius 1 is 0.667 bits per heavy atom. The molecule has 2 saturated carbocycles. The molecule has 0 aromatic rings. The van der Waals surface area contributed by atoms with E-state index >= 15 is 0 Å². The first kappa shape index (κ1) is 26.8. The molecule has 0 bridgehead atoms. The third-order valence-corrected chi connectivity index (χ3v) is 4.97. The van der Waals surface area contributed by atoms with Crippen molar-refractivity contribution in [2.45, 2.75) is 91.6 Å². The maximum absolute atomic E-state index is 5.89. The molecule has 2 aliphatic carbocycles. The maximum Gasteiger partial charge on any atom is 0.0829 e. The van der Waals surface area contributed by atoms with Crippen LogP contribution in [0.1, 0.15) is 67.2 Å². The van der Waals surface area contributed by atoms with Gasteiger partial charge < -0.3 is 23.8 Å². The van der Waals surface area contributed by atoms with E-state index in [1.807, 2.05) is 41.5 Å². The monoisotopic (exact) mass is 389 g/mol. The van der Waals surface area contributed by atoms with Gasteiger partial charge in [-0.3, -0.25) is 0 Å². The summed E-state index contributed by atoms with van der Waals surface area (Å²) in [7, 11) is 3.90. The molecule has 1 aliphatic heterocycles. The molecule has 27 heavy (non-hydrogen) atoms. The van der Waals surface area contributed by atoms with Gasteiger partial charge in [-0.2, -0.15) is 0 Å². The van der Waals surface area contributed by atoms with E-state index in [1.165, 1.54) is 0 Å². The van der Waals surface area contributed by atoms with Crippen molar-refractivity contribution in [3.8, 4) is 0 Å². The molecule has 0 unspecified atom stereocenters. The lowest BCUT2D eigenvalue weighted by Crippen LogP contribution is -2.50. The number of likely N-dealkylation sites (tertiary alicyclic amines) is 1. The summed E-state index contributed by atoms with van der Waals surface area (Å²) in [6.07, 6.45) is 6.15. The van der Waals surface area contributed by atoms with Crippen LogP contribution >= 0.6 is 0 Å². The van der Waals surface area contributed by atoms with Gasteiger partial charge in [0.2, 0.25) is 0 Å². The van der Waals surface area contributed by atoms with Crippen molar-refractivity contribution in [2.75, 3.05) is 47.1 Å². The number of hydrogen-bond acceptors (Lipinski definition) is 5. The van der Waals surface area contributed by atoms with E-state index in [0.717, 1.165) is 58.6 Å². The van der Waals surface area contributed by atoms with Crippen molar-refractivity contribution in [2.24, 2.45) is 5.92 Å². The van der Waals surface area contributed by atoms with Crippen LogP contribution in [0, 0.1) is 5.92 Å². The van der Waals surface area contributed by atoms with Gasteiger partial charge in [0.25, 0.3) is 0 Å². The molecule has 164 valence electrons. The molecule has 0 aromatic heterocycles. The average molecular weight is 390 g/mol. The smallest absolute Gasteiger partial charge is 0.0829 e. The van der Waals surface area contributed by atoms with Crippen molar-refractivity contribution in [1.82, 2.24) is 4.90 Å². The molecular weight excluding hydrogens is 342 g/mol. The zero-order chi connectivity index (χ0) is 20.7. The van der Waals surface area contributed by atoms with E-state index in [-0.39, 0.29) is 0 Å². The summed E-state index contributed by atoms with van der Waals surface area (Å²) in [5.41, 5.74) is 0. The number of likely N-dealkylation sites (N-methyl/N-ethyl adjacent to an activating group) is 1. The van der Waals surface area contributed by atoms with Gasteiger partial charge in [-0.25, -0.2) is 0 Å². The highest BCUT2D eigenvalue weighted by molar-refractivity contribution is 4.84. The fourth-order valence-corrected chi connectivity index (χ4v) is 3.24. The van der Waals surface area contributed by atoms with Gasteiger partial charge in [0.1, 0.15) is 0 Å². The van der Waals surface area contributed by atoms with Gasteiger partial charge >= 0.3 is 0 Å². The lowest BCUT2D eigenvalue weighted by atomic mass is 9.82. The second-order valence-electron chi connectivity index (χ2n) is 6.83. The van der Waals surface area contributed by atoms with E-state index in [0.29, 0.717) is 30.3 Å². The molecule has 5 nitrogen and oxygen atoms in total. The molecular formula is C22H47NO4. The van der Waals surface area contributed by atoms with Gasteiger partial charge in [-0.1, -0.05) is 41.5 Å². The minimum atomic E-state index is 0.430. The van der Waals surface area contributed by atoms with E-state index in [1.54, 1.807) is 7.11 Å². The van der Waals surface area contributed by atoms with Crippen molar-refractivity contribution in [3.63, 3.8) is 0 Å². The minimum Gasteiger partial charge on any atom is -0.381 e. The molecule has 0 amide bonds. The average Bonchev–Trinajstić information content (AvgIpc) is 2.63. The summed E-state index contributed by atoms with van der Waals surface area (Å²) in [5, 5.41) is 0.